The summed E-state index contributed by atoms with van der Waals surface area (Å²) >= 11 is 6.26. The number of carbonyl (C=O) groups excluding carboxylic acids is 3. The van der Waals surface area contributed by atoms with Crippen LogP contribution in [0.25, 0.3) is 6.08 Å². The standard InChI is InChI=1S/C23H15F3N2O3S2/c24-23(25,26)15-9-5-10-16(12-15)27-19(29)13-17(20(27)30)28-21(31)18(33-22(28)32)11-4-8-14-6-2-1-3-7-14/h1-12,17H,13H2/b8-4+,18-11-/t17-/m0/s1. The van der Waals surface area contributed by atoms with E-state index in [1.54, 1.807) is 18.2 Å². The highest BCUT2D eigenvalue weighted by molar-refractivity contribution is 8.26. The Bertz CT molecular complexity index is 1210. The van der Waals surface area contributed by atoms with E-state index in [4.69, 9.17) is 12.2 Å². The Labute approximate surface area is 196 Å². The van der Waals surface area contributed by atoms with Crippen LogP contribution in [0.15, 0.2) is 71.7 Å². The summed E-state index contributed by atoms with van der Waals surface area (Å²) in [6.45, 7) is 0. The van der Waals surface area contributed by atoms with Gasteiger partial charge in [-0.15, -0.1) is 0 Å². The van der Waals surface area contributed by atoms with Gasteiger partial charge in [-0.25, -0.2) is 4.90 Å². The number of allylic oxidation sites excluding steroid dienone is 2. The Kier molecular flexibility index (Phi) is 6.22. The number of thioether (sulfide) groups is 1. The number of imide groups is 1. The van der Waals surface area contributed by atoms with Gasteiger partial charge in [-0.2, -0.15) is 13.2 Å². The Morgan fingerprint density at radius 2 is 1.76 bits per heavy atom. The zero-order valence-corrected chi connectivity index (χ0v) is 18.4. The van der Waals surface area contributed by atoms with Gasteiger partial charge < -0.3 is 0 Å². The lowest BCUT2D eigenvalue weighted by Crippen LogP contribution is -2.44. The van der Waals surface area contributed by atoms with Gasteiger partial charge in [0.2, 0.25) is 5.91 Å². The summed E-state index contributed by atoms with van der Waals surface area (Å²) in [5.41, 5.74) is -0.255. The maximum Gasteiger partial charge on any atom is 0.416 e. The molecular weight excluding hydrogens is 473 g/mol. The summed E-state index contributed by atoms with van der Waals surface area (Å²) in [7, 11) is 0. The van der Waals surface area contributed by atoms with Gasteiger partial charge in [0.1, 0.15) is 10.4 Å². The average molecular weight is 489 g/mol. The van der Waals surface area contributed by atoms with Gasteiger partial charge in [-0.1, -0.05) is 72.5 Å². The summed E-state index contributed by atoms with van der Waals surface area (Å²) in [6.07, 6.45) is 0.0501. The van der Waals surface area contributed by atoms with Crippen LogP contribution in [0.4, 0.5) is 18.9 Å². The fourth-order valence-electron chi connectivity index (χ4n) is 3.48. The summed E-state index contributed by atoms with van der Waals surface area (Å²) in [6, 6.07) is 12.1. The van der Waals surface area contributed by atoms with Crippen LogP contribution in [0.1, 0.15) is 17.5 Å². The second kappa shape index (κ2) is 8.95. The molecule has 0 bridgehead atoms. The van der Waals surface area contributed by atoms with Crippen LogP contribution in [0.5, 0.6) is 0 Å². The fraction of sp³-hybridized carbons (Fsp3) is 0.130. The molecule has 2 heterocycles. The van der Waals surface area contributed by atoms with Crippen LogP contribution in [0.2, 0.25) is 0 Å². The largest absolute Gasteiger partial charge is 0.416 e. The molecule has 3 amide bonds. The van der Waals surface area contributed by atoms with Crippen molar-refractivity contribution in [1.82, 2.24) is 4.90 Å². The van der Waals surface area contributed by atoms with Crippen molar-refractivity contribution in [3.8, 4) is 0 Å². The normalized spacial score (nSPS) is 20.7. The molecule has 2 fully saturated rings. The molecule has 2 aliphatic rings. The first-order valence-corrected chi connectivity index (χ1v) is 10.9. The van der Waals surface area contributed by atoms with Gasteiger partial charge in [0.15, 0.2) is 0 Å². The first-order valence-electron chi connectivity index (χ1n) is 9.69. The monoisotopic (exact) mass is 488 g/mol. The van der Waals surface area contributed by atoms with Gasteiger partial charge in [-0.05, 0) is 29.8 Å². The molecule has 0 spiro atoms. The Hall–Kier alpha value is -3.24. The number of benzene rings is 2. The highest BCUT2D eigenvalue weighted by Crippen LogP contribution is 2.37. The molecule has 0 aromatic heterocycles. The van der Waals surface area contributed by atoms with Gasteiger partial charge in [0.05, 0.1) is 22.6 Å². The van der Waals surface area contributed by atoms with Crippen molar-refractivity contribution in [3.05, 3.63) is 82.8 Å². The predicted molar refractivity (Wildman–Crippen MR) is 123 cm³/mol. The average Bonchev–Trinajstić information content (AvgIpc) is 3.22. The SMILES string of the molecule is O=C1C[C@H](N2C(=O)/C(=C/C=C/c3ccccc3)SC2=S)C(=O)N1c1cccc(C(F)(F)F)c1. The third-order valence-electron chi connectivity index (χ3n) is 5.03. The molecule has 0 radical (unpaired) electrons. The number of halogens is 3. The highest BCUT2D eigenvalue weighted by atomic mass is 32.2. The first-order chi connectivity index (χ1) is 15.7. The van der Waals surface area contributed by atoms with Gasteiger partial charge in [0.25, 0.3) is 11.8 Å². The molecule has 2 aliphatic heterocycles. The number of nitrogens with zero attached hydrogens (tertiary/aromatic N) is 2. The molecule has 5 nitrogen and oxygen atoms in total. The summed E-state index contributed by atoms with van der Waals surface area (Å²) < 4.78 is 39.3. The molecular formula is C23H15F3N2O3S2. The number of carbonyl (C=O) groups is 3. The zero-order valence-electron chi connectivity index (χ0n) is 16.8. The second-order valence-electron chi connectivity index (χ2n) is 7.18. The van der Waals surface area contributed by atoms with E-state index in [2.05, 4.69) is 0 Å². The molecule has 10 heteroatoms. The van der Waals surface area contributed by atoms with E-state index in [0.717, 1.165) is 40.4 Å². The van der Waals surface area contributed by atoms with E-state index >= 15 is 0 Å². The highest BCUT2D eigenvalue weighted by Gasteiger charge is 2.49. The molecule has 0 aliphatic carbocycles. The fourth-order valence-corrected chi connectivity index (χ4v) is 4.79. The van der Waals surface area contributed by atoms with Crippen LogP contribution in [0, 0.1) is 0 Å². The van der Waals surface area contributed by atoms with E-state index in [0.29, 0.717) is 4.90 Å². The molecule has 1 atom stereocenters. The first kappa shape index (κ1) is 22.9. The van der Waals surface area contributed by atoms with Crippen molar-refractivity contribution in [3.63, 3.8) is 0 Å². The molecule has 0 N–H and O–H groups in total. The minimum Gasteiger partial charge on any atom is -0.280 e. The number of amides is 3. The van der Waals surface area contributed by atoms with E-state index in [-0.39, 0.29) is 21.3 Å². The topological polar surface area (TPSA) is 57.7 Å². The molecule has 2 aromatic carbocycles. The Balaban J connectivity index is 1.55. The van der Waals surface area contributed by atoms with Gasteiger partial charge >= 0.3 is 6.18 Å². The van der Waals surface area contributed by atoms with E-state index in [1.165, 1.54) is 6.07 Å². The molecule has 33 heavy (non-hydrogen) atoms. The molecule has 2 saturated heterocycles. The minimum absolute atomic E-state index is 0.108. The quantitative estimate of drug-likeness (QED) is 0.352. The maximum atomic E-state index is 13.1. The lowest BCUT2D eigenvalue weighted by Gasteiger charge is -2.21. The maximum absolute atomic E-state index is 13.1. The van der Waals surface area contributed by atoms with Crippen LogP contribution in [-0.4, -0.2) is 33.0 Å². The third-order valence-corrected chi connectivity index (χ3v) is 6.37. The van der Waals surface area contributed by atoms with E-state index < -0.39 is 35.5 Å². The minimum atomic E-state index is -4.63. The van der Waals surface area contributed by atoms with Gasteiger partial charge in [0, 0.05) is 0 Å². The number of hydrogen-bond acceptors (Lipinski definition) is 5. The number of anilines is 1. The smallest absolute Gasteiger partial charge is 0.280 e. The summed E-state index contributed by atoms with van der Waals surface area (Å²) in [5, 5.41) is 0. The molecule has 4 rings (SSSR count). The van der Waals surface area contributed by atoms with Gasteiger partial charge in [-0.3, -0.25) is 19.3 Å². The van der Waals surface area contributed by atoms with Crippen LogP contribution in [0.3, 0.4) is 0 Å². The van der Waals surface area contributed by atoms with Crippen molar-refractivity contribution in [2.75, 3.05) is 4.90 Å². The van der Waals surface area contributed by atoms with Crippen molar-refractivity contribution in [2.45, 2.75) is 18.6 Å². The van der Waals surface area contributed by atoms with Crippen molar-refractivity contribution in [1.29, 1.82) is 0 Å². The molecule has 0 saturated carbocycles. The molecule has 0 unspecified atom stereocenters. The Morgan fingerprint density at radius 3 is 2.45 bits per heavy atom. The summed E-state index contributed by atoms with van der Waals surface area (Å²) in [5.74, 6) is -2.03. The lowest BCUT2D eigenvalue weighted by molar-refractivity contribution is -0.137. The van der Waals surface area contributed by atoms with E-state index in [1.807, 2.05) is 30.3 Å². The van der Waals surface area contributed by atoms with Crippen molar-refractivity contribution in [2.24, 2.45) is 0 Å². The second-order valence-corrected chi connectivity index (χ2v) is 8.86. The molecule has 168 valence electrons. The van der Waals surface area contributed by atoms with Crippen molar-refractivity contribution >= 4 is 57.8 Å². The van der Waals surface area contributed by atoms with E-state index in [9.17, 15) is 27.6 Å². The van der Waals surface area contributed by atoms with Crippen molar-refractivity contribution < 1.29 is 27.6 Å². The van der Waals surface area contributed by atoms with Crippen LogP contribution >= 0.6 is 24.0 Å². The predicted octanol–water partition coefficient (Wildman–Crippen LogP) is 4.79. The third kappa shape index (κ3) is 4.62. The lowest BCUT2D eigenvalue weighted by atomic mass is 10.2. The zero-order chi connectivity index (χ0) is 23.8. The number of thiocarbonyl (C=S) groups is 1. The number of rotatable bonds is 4. The van der Waals surface area contributed by atoms with Crippen LogP contribution in [-0.2, 0) is 20.6 Å². The number of alkyl halides is 3. The number of hydrogen-bond donors (Lipinski definition) is 0. The molecule has 2 aromatic rings. The summed E-state index contributed by atoms with van der Waals surface area (Å²) in [4.78, 5) is 40.5. The Morgan fingerprint density at radius 1 is 1.03 bits per heavy atom. The van der Waals surface area contributed by atoms with Crippen LogP contribution < -0.4 is 4.90 Å².